The zero-order chi connectivity index (χ0) is 15.7. The van der Waals surface area contributed by atoms with Gasteiger partial charge in [0.25, 0.3) is 0 Å². The minimum atomic E-state index is -0.402. The molecule has 116 valence electrons. The van der Waals surface area contributed by atoms with E-state index in [1.54, 1.807) is 6.07 Å². The zero-order valence-corrected chi connectivity index (χ0v) is 13.9. The quantitative estimate of drug-likeness (QED) is 0.719. The third-order valence-corrected chi connectivity index (χ3v) is 4.06. The van der Waals surface area contributed by atoms with E-state index < -0.39 is 5.82 Å². The number of nitrogens with zero attached hydrogens (tertiary/aromatic N) is 2. The van der Waals surface area contributed by atoms with E-state index in [9.17, 15) is 4.39 Å². The van der Waals surface area contributed by atoms with Crippen LogP contribution in [0, 0.1) is 11.7 Å². The third kappa shape index (κ3) is 2.86. The molecule has 2 unspecified atom stereocenters. The van der Waals surface area contributed by atoms with Gasteiger partial charge < -0.3 is 9.30 Å². The highest BCUT2D eigenvalue weighted by atomic mass is 35.5. The van der Waals surface area contributed by atoms with E-state index in [4.69, 9.17) is 16.3 Å². The number of hydrogen-bond donors (Lipinski definition) is 0. The predicted molar refractivity (Wildman–Crippen MR) is 84.7 cm³/mol. The largest absolute Gasteiger partial charge is 0.494 e. The van der Waals surface area contributed by atoms with Crippen molar-refractivity contribution in [2.24, 2.45) is 5.92 Å². The summed E-state index contributed by atoms with van der Waals surface area (Å²) >= 11 is 6.29. The van der Waals surface area contributed by atoms with Gasteiger partial charge in [-0.1, -0.05) is 20.8 Å². The minimum absolute atomic E-state index is 0.232. The summed E-state index contributed by atoms with van der Waals surface area (Å²) < 4.78 is 21.1. The molecule has 3 nitrogen and oxygen atoms in total. The number of aromatic nitrogens is 2. The van der Waals surface area contributed by atoms with Crippen LogP contribution in [0.1, 0.15) is 51.4 Å². The summed E-state index contributed by atoms with van der Waals surface area (Å²) in [6, 6.07) is 3.40. The molecule has 0 radical (unpaired) electrons. The smallest absolute Gasteiger partial charge is 0.167 e. The lowest BCUT2D eigenvalue weighted by Crippen LogP contribution is -2.17. The third-order valence-electron chi connectivity index (χ3n) is 3.87. The first-order chi connectivity index (χ1) is 9.90. The summed E-state index contributed by atoms with van der Waals surface area (Å²) in [6.45, 7) is 8.37. The second-order valence-electron chi connectivity index (χ2n) is 5.65. The predicted octanol–water partition coefficient (Wildman–Crippen LogP) is 5.09. The van der Waals surface area contributed by atoms with Crippen molar-refractivity contribution in [2.75, 3.05) is 7.11 Å². The van der Waals surface area contributed by atoms with E-state index in [0.717, 1.165) is 17.8 Å². The van der Waals surface area contributed by atoms with Gasteiger partial charge in [-0.3, -0.25) is 0 Å². The molecule has 2 rings (SSSR count). The minimum Gasteiger partial charge on any atom is -0.494 e. The van der Waals surface area contributed by atoms with Crippen LogP contribution in [-0.2, 0) is 0 Å². The topological polar surface area (TPSA) is 27.1 Å². The van der Waals surface area contributed by atoms with Crippen molar-refractivity contribution in [3.63, 3.8) is 0 Å². The van der Waals surface area contributed by atoms with Gasteiger partial charge in [-0.25, -0.2) is 9.37 Å². The number of ether oxygens (including phenoxy) is 1. The highest BCUT2D eigenvalue weighted by molar-refractivity contribution is 6.20. The summed E-state index contributed by atoms with van der Waals surface area (Å²) in [6.07, 6.45) is 0.958. The number of fused-ring (bicyclic) bond motifs is 1. The Labute approximate surface area is 130 Å². The molecule has 0 saturated carbocycles. The van der Waals surface area contributed by atoms with Crippen LogP contribution >= 0.6 is 11.6 Å². The maximum atomic E-state index is 13.9. The van der Waals surface area contributed by atoms with Gasteiger partial charge >= 0.3 is 0 Å². The van der Waals surface area contributed by atoms with Gasteiger partial charge in [0.2, 0.25) is 0 Å². The molecule has 0 fully saturated rings. The Morgan fingerprint density at radius 1 is 1.33 bits per heavy atom. The van der Waals surface area contributed by atoms with Gasteiger partial charge in [-0.05, 0) is 19.3 Å². The van der Waals surface area contributed by atoms with E-state index in [1.165, 1.54) is 13.2 Å². The van der Waals surface area contributed by atoms with Crippen LogP contribution in [0.5, 0.6) is 5.75 Å². The fourth-order valence-corrected chi connectivity index (χ4v) is 3.01. The highest BCUT2D eigenvalue weighted by Gasteiger charge is 2.24. The fourth-order valence-electron chi connectivity index (χ4n) is 2.85. The SMILES string of the molecule is CCC(C(C)C)n1c(C(C)Cl)nc2cc(F)c(OC)cc21. The van der Waals surface area contributed by atoms with Crippen LogP contribution in [0.25, 0.3) is 11.0 Å². The average molecular weight is 313 g/mol. The normalized spacial score (nSPS) is 14.7. The number of rotatable bonds is 5. The van der Waals surface area contributed by atoms with Crippen molar-refractivity contribution in [3.05, 3.63) is 23.8 Å². The van der Waals surface area contributed by atoms with E-state index in [0.29, 0.717) is 11.4 Å². The average Bonchev–Trinajstić information content (AvgIpc) is 2.77. The number of alkyl halides is 1. The fraction of sp³-hybridized carbons (Fsp3) is 0.562. The second-order valence-corrected chi connectivity index (χ2v) is 6.31. The molecule has 0 spiro atoms. The van der Waals surface area contributed by atoms with Gasteiger partial charge in [0, 0.05) is 18.2 Å². The first-order valence-electron chi connectivity index (χ1n) is 7.30. The Hall–Kier alpha value is -1.29. The molecular weight excluding hydrogens is 291 g/mol. The molecule has 1 aromatic heterocycles. The van der Waals surface area contributed by atoms with Crippen LogP contribution in [0.4, 0.5) is 4.39 Å². The molecule has 1 aromatic carbocycles. The van der Waals surface area contributed by atoms with Crippen molar-refractivity contribution in [1.29, 1.82) is 0 Å². The van der Waals surface area contributed by atoms with Crippen LogP contribution < -0.4 is 4.74 Å². The first-order valence-corrected chi connectivity index (χ1v) is 7.73. The molecule has 0 bridgehead atoms. The molecule has 5 heteroatoms. The van der Waals surface area contributed by atoms with Crippen LogP contribution in [-0.4, -0.2) is 16.7 Å². The van der Waals surface area contributed by atoms with Crippen molar-refractivity contribution in [1.82, 2.24) is 9.55 Å². The molecule has 0 amide bonds. The summed E-state index contributed by atoms with van der Waals surface area (Å²) in [5, 5.41) is -0.237. The molecule has 0 saturated heterocycles. The van der Waals surface area contributed by atoms with Gasteiger partial charge in [0.15, 0.2) is 11.6 Å². The Kier molecular flexibility index (Phi) is 4.77. The number of halogens is 2. The monoisotopic (exact) mass is 312 g/mol. The standard InChI is InChI=1S/C16H22ClFN2O/c1-6-13(9(2)3)20-14-8-15(21-5)11(18)7-12(14)19-16(20)10(4)17/h7-10,13H,6H2,1-5H3. The van der Waals surface area contributed by atoms with Gasteiger partial charge in [-0.15, -0.1) is 11.6 Å². The van der Waals surface area contributed by atoms with Gasteiger partial charge in [-0.2, -0.15) is 0 Å². The lowest BCUT2D eigenvalue weighted by atomic mass is 10.0. The number of imidazole rings is 1. The van der Waals surface area contributed by atoms with Gasteiger partial charge in [0.05, 0.1) is 23.5 Å². The number of benzene rings is 1. The lowest BCUT2D eigenvalue weighted by Gasteiger charge is -2.25. The van der Waals surface area contributed by atoms with Crippen molar-refractivity contribution < 1.29 is 9.13 Å². The Morgan fingerprint density at radius 2 is 2.00 bits per heavy atom. The maximum Gasteiger partial charge on any atom is 0.167 e. The Bertz CT molecular complexity index is 637. The number of methoxy groups -OCH3 is 1. The summed E-state index contributed by atoms with van der Waals surface area (Å²) in [7, 11) is 1.47. The Balaban J connectivity index is 2.77. The molecule has 0 N–H and O–H groups in total. The van der Waals surface area contributed by atoms with Crippen LogP contribution in [0.3, 0.4) is 0 Å². The lowest BCUT2D eigenvalue weighted by molar-refractivity contribution is 0.362. The number of hydrogen-bond acceptors (Lipinski definition) is 2. The van der Waals surface area contributed by atoms with Crippen molar-refractivity contribution >= 4 is 22.6 Å². The molecule has 0 aliphatic carbocycles. The van der Waals surface area contributed by atoms with Crippen molar-refractivity contribution in [2.45, 2.75) is 45.5 Å². The molecule has 0 aliphatic heterocycles. The molecule has 0 aliphatic rings. The molecule has 21 heavy (non-hydrogen) atoms. The highest BCUT2D eigenvalue weighted by Crippen LogP contribution is 2.35. The van der Waals surface area contributed by atoms with E-state index >= 15 is 0 Å². The van der Waals surface area contributed by atoms with E-state index in [-0.39, 0.29) is 17.2 Å². The van der Waals surface area contributed by atoms with E-state index in [1.807, 2.05) is 6.92 Å². The van der Waals surface area contributed by atoms with E-state index in [2.05, 4.69) is 30.3 Å². The van der Waals surface area contributed by atoms with Crippen LogP contribution in [0.2, 0.25) is 0 Å². The Morgan fingerprint density at radius 3 is 2.48 bits per heavy atom. The van der Waals surface area contributed by atoms with Gasteiger partial charge in [0.1, 0.15) is 5.82 Å². The molecule has 1 heterocycles. The summed E-state index contributed by atoms with van der Waals surface area (Å²) in [4.78, 5) is 4.54. The first kappa shape index (κ1) is 16.1. The maximum absolute atomic E-state index is 13.9. The van der Waals surface area contributed by atoms with Crippen molar-refractivity contribution in [3.8, 4) is 5.75 Å². The summed E-state index contributed by atoms with van der Waals surface area (Å²) in [5.74, 6) is 1.04. The second kappa shape index (κ2) is 6.22. The zero-order valence-electron chi connectivity index (χ0n) is 13.2. The molecule has 2 atom stereocenters. The summed E-state index contributed by atoms with van der Waals surface area (Å²) in [5.41, 5.74) is 1.49. The molecular formula is C16H22ClFN2O. The van der Waals surface area contributed by atoms with Crippen LogP contribution in [0.15, 0.2) is 12.1 Å². The molecule has 2 aromatic rings.